The molecule has 3 atom stereocenters. The molecule has 1 aromatic heterocycles. The average Bonchev–Trinajstić information content (AvgIpc) is 3.68. The molecule has 1 aliphatic carbocycles. The summed E-state index contributed by atoms with van der Waals surface area (Å²) in [5.41, 5.74) is 1.54. The Bertz CT molecular complexity index is 1630. The summed E-state index contributed by atoms with van der Waals surface area (Å²) in [5.74, 6) is -2.25. The molecule has 258 valence electrons. The van der Waals surface area contributed by atoms with E-state index in [1.165, 1.54) is 12.1 Å². The average molecular weight is 667 g/mol. The lowest BCUT2D eigenvalue weighted by atomic mass is 9.78. The lowest BCUT2D eigenvalue weighted by molar-refractivity contribution is -0.141. The largest absolute Gasteiger partial charge is 0.461 e. The number of aromatic amines is 1. The molecule has 0 spiro atoms. The smallest absolute Gasteiger partial charge is 0.407 e. The number of amides is 3. The number of hydrogen-bond acceptors (Lipinski definition) is 6. The van der Waals surface area contributed by atoms with Gasteiger partial charge in [0.1, 0.15) is 29.8 Å². The molecule has 10 nitrogen and oxygen atoms in total. The third-order valence-electron chi connectivity index (χ3n) is 9.19. The molecule has 1 unspecified atom stereocenters. The number of carbonyl (C=O) groups excluding carboxylic acids is 4. The highest BCUT2D eigenvalue weighted by Gasteiger charge is 2.45. The van der Waals surface area contributed by atoms with Crippen LogP contribution in [0.5, 0.6) is 0 Å². The predicted molar refractivity (Wildman–Crippen MR) is 177 cm³/mol. The molecule has 2 heterocycles. The van der Waals surface area contributed by atoms with Gasteiger partial charge >= 0.3 is 12.1 Å². The lowest BCUT2D eigenvalue weighted by Crippen LogP contribution is -2.49. The van der Waals surface area contributed by atoms with Crippen molar-refractivity contribution in [1.82, 2.24) is 15.2 Å². The van der Waals surface area contributed by atoms with Crippen molar-refractivity contribution >= 4 is 40.5 Å². The monoisotopic (exact) mass is 666 g/mol. The first-order valence-corrected chi connectivity index (χ1v) is 16.6. The Labute approximate surface area is 278 Å². The Morgan fingerprint density at radius 2 is 1.71 bits per heavy atom. The second kappa shape index (κ2) is 14.7. The van der Waals surface area contributed by atoms with E-state index < -0.39 is 42.2 Å². The van der Waals surface area contributed by atoms with Crippen molar-refractivity contribution in [2.45, 2.75) is 83.4 Å². The number of anilines is 1. The maximum Gasteiger partial charge on any atom is 0.407 e. The summed E-state index contributed by atoms with van der Waals surface area (Å²) in [4.78, 5) is 57.2. The molecule has 1 saturated heterocycles. The molecule has 0 bridgehead atoms. The van der Waals surface area contributed by atoms with Crippen molar-refractivity contribution in [2.75, 3.05) is 25.1 Å². The predicted octanol–water partition coefficient (Wildman–Crippen LogP) is 6.48. The summed E-state index contributed by atoms with van der Waals surface area (Å²) < 4.78 is 38.2. The summed E-state index contributed by atoms with van der Waals surface area (Å²) in [6.45, 7) is 6.80. The number of carbonyl (C=O) groups is 4. The van der Waals surface area contributed by atoms with E-state index >= 15 is 0 Å². The van der Waals surface area contributed by atoms with Crippen LogP contribution in [0, 0.1) is 17.7 Å². The van der Waals surface area contributed by atoms with Crippen molar-refractivity contribution in [2.24, 2.45) is 11.8 Å². The van der Waals surface area contributed by atoms with E-state index in [0.717, 1.165) is 5.56 Å². The summed E-state index contributed by atoms with van der Waals surface area (Å²) >= 11 is 0. The normalized spacial score (nSPS) is 21.8. The highest BCUT2D eigenvalue weighted by molar-refractivity contribution is 6.01. The van der Waals surface area contributed by atoms with Crippen LogP contribution in [0.1, 0.15) is 81.8 Å². The first-order chi connectivity index (χ1) is 22.9. The Balaban J connectivity index is 1.30. The molecule has 12 heteroatoms. The van der Waals surface area contributed by atoms with Gasteiger partial charge in [0, 0.05) is 35.0 Å². The number of esters is 1. The van der Waals surface area contributed by atoms with Gasteiger partial charge in [0.25, 0.3) is 0 Å². The second-order valence-corrected chi connectivity index (χ2v) is 13.6. The van der Waals surface area contributed by atoms with E-state index in [9.17, 15) is 28.0 Å². The topological polar surface area (TPSA) is 130 Å². The van der Waals surface area contributed by atoms with Gasteiger partial charge in [-0.25, -0.2) is 18.4 Å². The van der Waals surface area contributed by atoms with E-state index in [1.807, 2.05) is 0 Å². The summed E-state index contributed by atoms with van der Waals surface area (Å²) in [6.07, 6.45) is 1.92. The maximum atomic E-state index is 14.0. The molecule has 48 heavy (non-hydrogen) atoms. The highest BCUT2D eigenvalue weighted by atomic mass is 19.1. The molecule has 5 rings (SSSR count). The minimum absolute atomic E-state index is 0.143. The minimum atomic E-state index is -0.842. The molecule has 1 saturated carbocycles. The molecule has 0 radical (unpaired) electrons. The van der Waals surface area contributed by atoms with Gasteiger partial charge in [0.2, 0.25) is 11.8 Å². The summed E-state index contributed by atoms with van der Waals surface area (Å²) in [6, 6.07) is 11.3. The number of nitrogens with zero attached hydrogens (tertiary/aromatic N) is 1. The Morgan fingerprint density at radius 3 is 2.35 bits per heavy atom. The number of fused-ring (bicyclic) bond motifs is 1. The van der Waals surface area contributed by atoms with Crippen molar-refractivity contribution in [3.05, 3.63) is 65.6 Å². The van der Waals surface area contributed by atoms with Gasteiger partial charge in [-0.3, -0.25) is 9.59 Å². The number of halogens is 2. The quantitative estimate of drug-likeness (QED) is 0.224. The molecule has 2 aromatic carbocycles. The van der Waals surface area contributed by atoms with Gasteiger partial charge in [-0.05, 0) is 108 Å². The molecular formula is C36H44F2N4O6. The minimum Gasteiger partial charge on any atom is -0.461 e. The van der Waals surface area contributed by atoms with Crippen LogP contribution >= 0.6 is 0 Å². The zero-order chi connectivity index (χ0) is 34.6. The van der Waals surface area contributed by atoms with Gasteiger partial charge in [-0.2, -0.15) is 0 Å². The fourth-order valence-corrected chi connectivity index (χ4v) is 6.91. The number of ether oxygens (including phenoxy) is 2. The van der Waals surface area contributed by atoms with Crippen LogP contribution in [0.2, 0.25) is 0 Å². The van der Waals surface area contributed by atoms with Crippen LogP contribution in [0.4, 0.5) is 19.3 Å². The number of alkyl halides is 1. The zero-order valence-electron chi connectivity index (χ0n) is 27.8. The SMILES string of the molecule is CCOC(=O)c1cc2cc(NC(=O)[C@@H]3[C@H](c4ccc(F)cc4)CCN3C(=O)C3CCC(C(CF)NC(=O)OC(C)(C)C)CC3)ccc2[nH]1. The van der Waals surface area contributed by atoms with Gasteiger partial charge in [0.15, 0.2) is 0 Å². The van der Waals surface area contributed by atoms with Crippen LogP contribution in [-0.4, -0.2) is 71.3 Å². The number of likely N-dealkylation sites (tertiary alicyclic amines) is 1. The number of alkyl carbamates (subject to hydrolysis) is 1. The molecule has 3 N–H and O–H groups in total. The Kier molecular flexibility index (Phi) is 10.7. The maximum absolute atomic E-state index is 14.0. The number of aromatic nitrogens is 1. The van der Waals surface area contributed by atoms with Crippen LogP contribution in [0.3, 0.4) is 0 Å². The van der Waals surface area contributed by atoms with Gasteiger partial charge < -0.3 is 30.0 Å². The van der Waals surface area contributed by atoms with E-state index in [0.29, 0.717) is 60.9 Å². The molecule has 2 fully saturated rings. The lowest BCUT2D eigenvalue weighted by Gasteiger charge is -2.36. The number of nitrogens with one attached hydrogen (secondary N) is 3. The van der Waals surface area contributed by atoms with E-state index in [1.54, 1.807) is 69.0 Å². The Hall–Kier alpha value is -4.48. The molecule has 1 aliphatic heterocycles. The fourth-order valence-electron chi connectivity index (χ4n) is 6.91. The van der Waals surface area contributed by atoms with Gasteiger partial charge in [0.05, 0.1) is 12.6 Å². The molecule has 3 aromatic rings. The number of H-pyrrole nitrogens is 1. The van der Waals surface area contributed by atoms with Crippen molar-refractivity contribution in [3.8, 4) is 0 Å². The van der Waals surface area contributed by atoms with Gasteiger partial charge in [-0.1, -0.05) is 12.1 Å². The van der Waals surface area contributed by atoms with E-state index in [2.05, 4.69) is 15.6 Å². The van der Waals surface area contributed by atoms with Crippen LogP contribution in [0.15, 0.2) is 48.5 Å². The molecule has 3 amide bonds. The fraction of sp³-hybridized carbons (Fsp3) is 0.500. The van der Waals surface area contributed by atoms with Crippen molar-refractivity contribution < 1.29 is 37.4 Å². The van der Waals surface area contributed by atoms with E-state index in [4.69, 9.17) is 9.47 Å². The molecular weight excluding hydrogens is 622 g/mol. The number of hydrogen-bond donors (Lipinski definition) is 3. The highest BCUT2D eigenvalue weighted by Crippen LogP contribution is 2.39. The second-order valence-electron chi connectivity index (χ2n) is 13.6. The zero-order valence-corrected chi connectivity index (χ0v) is 27.8. The third kappa shape index (κ3) is 8.14. The van der Waals surface area contributed by atoms with Crippen LogP contribution < -0.4 is 10.6 Å². The molecule has 2 aliphatic rings. The van der Waals surface area contributed by atoms with Crippen LogP contribution in [-0.2, 0) is 19.1 Å². The Morgan fingerprint density at radius 1 is 1.00 bits per heavy atom. The summed E-state index contributed by atoms with van der Waals surface area (Å²) in [7, 11) is 0. The summed E-state index contributed by atoms with van der Waals surface area (Å²) in [5, 5.41) is 6.33. The number of rotatable bonds is 9. The van der Waals surface area contributed by atoms with Gasteiger partial charge in [-0.15, -0.1) is 0 Å². The number of benzene rings is 2. The van der Waals surface area contributed by atoms with E-state index in [-0.39, 0.29) is 36.2 Å². The first kappa shape index (κ1) is 34.8. The van der Waals surface area contributed by atoms with Crippen LogP contribution in [0.25, 0.3) is 10.9 Å². The third-order valence-corrected chi connectivity index (χ3v) is 9.19. The standard InChI is InChI=1S/C36H44F2N4O6/c1-5-47-34(45)29-19-24-18-26(14-15-28(24)40-29)39-32(43)31-27(21-10-12-25(38)13-11-21)16-17-42(31)33(44)23-8-6-22(7-9-23)30(20-37)41-35(46)48-36(2,3)4/h10-15,18-19,22-23,27,30-31,40H,5-9,16-17,20H2,1-4H3,(H,39,43)(H,41,46)/t22?,23?,27-,30?,31-/m0/s1. The first-order valence-electron chi connectivity index (χ1n) is 16.6. The van der Waals surface area contributed by atoms with Crippen molar-refractivity contribution in [3.63, 3.8) is 0 Å². The van der Waals surface area contributed by atoms with Crippen molar-refractivity contribution in [1.29, 1.82) is 0 Å².